The van der Waals surface area contributed by atoms with E-state index in [9.17, 15) is 9.59 Å². The van der Waals surface area contributed by atoms with Crippen molar-refractivity contribution in [3.05, 3.63) is 0 Å². The monoisotopic (exact) mass is 272 g/mol. The zero-order valence-electron chi connectivity index (χ0n) is 13.3. The molecule has 0 aliphatic carbocycles. The minimum Gasteiger partial charge on any atom is -0.444 e. The van der Waals surface area contributed by atoms with E-state index < -0.39 is 5.60 Å². The van der Waals surface area contributed by atoms with Crippen molar-refractivity contribution in [2.75, 3.05) is 13.6 Å². The summed E-state index contributed by atoms with van der Waals surface area (Å²) >= 11 is 0. The second-order valence-electron chi connectivity index (χ2n) is 6.80. The molecule has 0 radical (unpaired) electrons. The molecular weight excluding hydrogens is 244 g/mol. The average Bonchev–Trinajstić information content (AvgIpc) is 2.11. The Morgan fingerprint density at radius 1 is 1.11 bits per heavy atom. The van der Waals surface area contributed by atoms with E-state index in [4.69, 9.17) is 4.74 Å². The average molecular weight is 272 g/mol. The highest BCUT2D eigenvalue weighted by atomic mass is 16.6. The van der Waals surface area contributed by atoms with Crippen LogP contribution in [0.25, 0.3) is 0 Å². The molecule has 1 N–H and O–H groups in total. The Labute approximate surface area is 116 Å². The molecule has 0 atom stereocenters. The van der Waals surface area contributed by atoms with Crippen LogP contribution >= 0.6 is 0 Å². The highest BCUT2D eigenvalue weighted by Crippen LogP contribution is 2.09. The first-order valence-electron chi connectivity index (χ1n) is 6.66. The number of carbonyl (C=O) groups is 2. The van der Waals surface area contributed by atoms with Crippen LogP contribution in [0.2, 0.25) is 0 Å². The van der Waals surface area contributed by atoms with Gasteiger partial charge in [0, 0.05) is 25.6 Å². The van der Waals surface area contributed by atoms with Crippen LogP contribution in [-0.4, -0.2) is 41.6 Å². The van der Waals surface area contributed by atoms with Gasteiger partial charge in [0.1, 0.15) is 5.60 Å². The summed E-state index contributed by atoms with van der Waals surface area (Å²) in [5, 5.41) is 2.89. The Balaban J connectivity index is 3.95. The number of carbonyl (C=O) groups excluding carboxylic acids is 2. The second-order valence-corrected chi connectivity index (χ2v) is 6.80. The summed E-state index contributed by atoms with van der Waals surface area (Å²) in [7, 11) is 1.68. The molecule has 0 bridgehead atoms. The number of nitrogens with zero attached hydrogens (tertiary/aromatic N) is 1. The number of hydrogen-bond acceptors (Lipinski definition) is 3. The first kappa shape index (κ1) is 17.7. The molecule has 0 aromatic carbocycles. The molecule has 5 heteroatoms. The largest absolute Gasteiger partial charge is 0.444 e. The summed E-state index contributed by atoms with van der Waals surface area (Å²) in [4.78, 5) is 24.8. The van der Waals surface area contributed by atoms with Crippen molar-refractivity contribution < 1.29 is 14.3 Å². The maximum atomic E-state index is 11.7. The summed E-state index contributed by atoms with van der Waals surface area (Å²) in [5.74, 6) is 0.00471. The van der Waals surface area contributed by atoms with E-state index in [1.807, 2.05) is 41.5 Å². The summed E-state index contributed by atoms with van der Waals surface area (Å²) < 4.78 is 5.22. The van der Waals surface area contributed by atoms with Crippen molar-refractivity contribution in [1.29, 1.82) is 0 Å². The molecule has 0 fully saturated rings. The fourth-order valence-electron chi connectivity index (χ4n) is 1.39. The molecule has 112 valence electrons. The fourth-order valence-corrected chi connectivity index (χ4v) is 1.39. The highest BCUT2D eigenvalue weighted by Gasteiger charge is 2.19. The molecule has 0 heterocycles. The smallest absolute Gasteiger partial charge is 0.410 e. The van der Waals surface area contributed by atoms with Crippen molar-refractivity contribution in [3.63, 3.8) is 0 Å². The van der Waals surface area contributed by atoms with E-state index in [-0.39, 0.29) is 17.5 Å². The van der Waals surface area contributed by atoms with Crippen molar-refractivity contribution >= 4 is 12.0 Å². The van der Waals surface area contributed by atoms with E-state index in [1.165, 1.54) is 4.90 Å². The molecule has 0 saturated carbocycles. The van der Waals surface area contributed by atoms with Gasteiger partial charge in [0.25, 0.3) is 0 Å². The fraction of sp³-hybridized carbons (Fsp3) is 0.857. The van der Waals surface area contributed by atoms with Gasteiger partial charge in [-0.25, -0.2) is 4.79 Å². The van der Waals surface area contributed by atoms with Gasteiger partial charge in [0.15, 0.2) is 0 Å². The molecule has 0 rings (SSSR count). The number of rotatable bonds is 4. The van der Waals surface area contributed by atoms with E-state index in [0.717, 1.165) is 0 Å². The molecule has 19 heavy (non-hydrogen) atoms. The third-order valence-corrected chi connectivity index (χ3v) is 2.12. The van der Waals surface area contributed by atoms with Gasteiger partial charge in [-0.05, 0) is 48.0 Å². The Hall–Kier alpha value is -1.26. The van der Waals surface area contributed by atoms with Gasteiger partial charge in [-0.2, -0.15) is 0 Å². The van der Waals surface area contributed by atoms with Crippen molar-refractivity contribution in [2.45, 2.75) is 65.5 Å². The van der Waals surface area contributed by atoms with E-state index in [0.29, 0.717) is 19.4 Å². The molecule has 2 amide bonds. The predicted molar refractivity (Wildman–Crippen MR) is 76.0 cm³/mol. The van der Waals surface area contributed by atoms with Crippen LogP contribution in [0, 0.1) is 0 Å². The predicted octanol–water partition coefficient (Wildman–Crippen LogP) is 2.55. The number of hydrogen-bond donors (Lipinski definition) is 1. The SMILES string of the molecule is CN(CCCC(=O)NC(C)(C)C)C(=O)OC(C)(C)C. The van der Waals surface area contributed by atoms with Crippen LogP contribution in [0.1, 0.15) is 54.4 Å². The molecule has 0 aromatic rings. The summed E-state index contributed by atoms with van der Waals surface area (Å²) in [5.41, 5.74) is -0.705. The van der Waals surface area contributed by atoms with Gasteiger partial charge >= 0.3 is 6.09 Å². The van der Waals surface area contributed by atoms with Crippen LogP contribution in [0.15, 0.2) is 0 Å². The lowest BCUT2D eigenvalue weighted by molar-refractivity contribution is -0.122. The topological polar surface area (TPSA) is 58.6 Å². The van der Waals surface area contributed by atoms with Crippen LogP contribution in [-0.2, 0) is 9.53 Å². The van der Waals surface area contributed by atoms with Crippen LogP contribution in [0.3, 0.4) is 0 Å². The van der Waals surface area contributed by atoms with Crippen molar-refractivity contribution in [1.82, 2.24) is 10.2 Å². The van der Waals surface area contributed by atoms with Crippen molar-refractivity contribution in [2.24, 2.45) is 0 Å². The van der Waals surface area contributed by atoms with Crippen LogP contribution in [0.5, 0.6) is 0 Å². The van der Waals surface area contributed by atoms with Gasteiger partial charge in [-0.15, -0.1) is 0 Å². The first-order chi connectivity index (χ1) is 8.41. The van der Waals surface area contributed by atoms with E-state index >= 15 is 0 Å². The molecular formula is C14H28N2O3. The molecule has 0 aliphatic rings. The Morgan fingerprint density at radius 2 is 1.63 bits per heavy atom. The maximum absolute atomic E-state index is 11.7. The lowest BCUT2D eigenvalue weighted by Gasteiger charge is -2.25. The van der Waals surface area contributed by atoms with Crippen LogP contribution < -0.4 is 5.32 Å². The molecule has 0 aromatic heterocycles. The highest BCUT2D eigenvalue weighted by molar-refractivity contribution is 5.76. The standard InChI is InChI=1S/C14H28N2O3/c1-13(2,3)15-11(17)9-8-10-16(7)12(18)19-14(4,5)6/h8-10H2,1-7H3,(H,15,17). The second kappa shape index (κ2) is 6.78. The summed E-state index contributed by atoms with van der Waals surface area (Å²) in [6, 6.07) is 0. The number of ether oxygens (including phenoxy) is 1. The zero-order valence-corrected chi connectivity index (χ0v) is 13.3. The summed E-state index contributed by atoms with van der Waals surface area (Å²) in [6.45, 7) is 11.8. The van der Waals surface area contributed by atoms with Crippen molar-refractivity contribution in [3.8, 4) is 0 Å². The molecule has 0 unspecified atom stereocenters. The minimum atomic E-state index is -0.491. The maximum Gasteiger partial charge on any atom is 0.410 e. The van der Waals surface area contributed by atoms with Gasteiger partial charge in [0.05, 0.1) is 0 Å². The lowest BCUT2D eigenvalue weighted by Crippen LogP contribution is -2.41. The van der Waals surface area contributed by atoms with Gasteiger partial charge in [0.2, 0.25) is 5.91 Å². The lowest BCUT2D eigenvalue weighted by atomic mass is 10.1. The van der Waals surface area contributed by atoms with Crippen LogP contribution in [0.4, 0.5) is 4.79 Å². The van der Waals surface area contributed by atoms with Gasteiger partial charge < -0.3 is 15.0 Å². The zero-order chi connectivity index (χ0) is 15.3. The Bertz CT molecular complexity index is 314. The number of amides is 2. The normalized spacial score (nSPS) is 11.9. The first-order valence-corrected chi connectivity index (χ1v) is 6.66. The number of nitrogens with one attached hydrogen (secondary N) is 1. The van der Waals surface area contributed by atoms with Gasteiger partial charge in [-0.1, -0.05) is 0 Å². The van der Waals surface area contributed by atoms with E-state index in [2.05, 4.69) is 5.32 Å². The molecule has 5 nitrogen and oxygen atoms in total. The third-order valence-electron chi connectivity index (χ3n) is 2.12. The Morgan fingerprint density at radius 3 is 2.05 bits per heavy atom. The summed E-state index contributed by atoms with van der Waals surface area (Å²) in [6.07, 6.45) is 0.672. The molecule has 0 spiro atoms. The third kappa shape index (κ3) is 10.4. The van der Waals surface area contributed by atoms with Gasteiger partial charge in [-0.3, -0.25) is 4.79 Å². The quantitative estimate of drug-likeness (QED) is 0.855. The minimum absolute atomic E-state index is 0.00471. The molecule has 0 aliphatic heterocycles. The molecule has 0 saturated heterocycles. The van der Waals surface area contributed by atoms with E-state index in [1.54, 1.807) is 7.05 Å². The Kier molecular flexibility index (Phi) is 6.33.